The number of halogens is 3. The van der Waals surface area contributed by atoms with E-state index in [0.717, 1.165) is 5.39 Å². The van der Waals surface area contributed by atoms with Crippen molar-refractivity contribution in [3.8, 4) is 17.3 Å². The monoisotopic (exact) mass is 644 g/mol. The van der Waals surface area contributed by atoms with E-state index in [2.05, 4.69) is 31.3 Å². The molecule has 0 fully saturated rings. The van der Waals surface area contributed by atoms with Crippen LogP contribution >= 0.6 is 27.5 Å². The maximum Gasteiger partial charge on any atom is 0.282 e. The second-order valence-electron chi connectivity index (χ2n) is 9.14. The number of carbonyl (C=O) groups is 1. The number of amides is 1. The van der Waals surface area contributed by atoms with E-state index in [1.165, 1.54) is 35.2 Å². The maximum absolute atomic E-state index is 13.5. The molecule has 0 radical (unpaired) electrons. The quantitative estimate of drug-likeness (QED) is 0.184. The average Bonchev–Trinajstić information content (AvgIpc) is 3.40. The number of nitrogens with one attached hydrogen (secondary N) is 1. The number of carbonyl (C=O) groups excluding carboxylic acids is 1. The summed E-state index contributed by atoms with van der Waals surface area (Å²) in [4.78, 5) is 30.4. The number of hydrogen-bond acceptors (Lipinski definition) is 6. The number of fused-ring (bicyclic) bond motifs is 2. The molecular formula is C31H19BrClFN4O4. The standard InChI is InChI=1S/C31H19BrClFN4O4/c32-24-13-18(5-11-27(24)41-17-29(39)36-22-9-7-21(34)8-10-22)16-35-38-30(37-25-4-2-1-3-23(25)31(38)40)28-15-19-14-20(33)6-12-26(19)42-28/h1-16H,17H2,(H,36,39). The molecule has 208 valence electrons. The third kappa shape index (κ3) is 5.81. The van der Waals surface area contributed by atoms with Gasteiger partial charge in [0.15, 0.2) is 12.4 Å². The number of para-hydroxylation sites is 1. The van der Waals surface area contributed by atoms with Crippen molar-refractivity contribution in [2.24, 2.45) is 5.10 Å². The van der Waals surface area contributed by atoms with Crippen LogP contribution in [0.15, 0.2) is 110 Å². The van der Waals surface area contributed by atoms with Gasteiger partial charge in [-0.15, -0.1) is 0 Å². The first-order valence-corrected chi connectivity index (χ1v) is 13.7. The van der Waals surface area contributed by atoms with Gasteiger partial charge in [0.1, 0.15) is 17.1 Å². The lowest BCUT2D eigenvalue weighted by Gasteiger charge is -2.10. The number of aromatic nitrogens is 2. The van der Waals surface area contributed by atoms with Crippen molar-refractivity contribution in [2.45, 2.75) is 0 Å². The van der Waals surface area contributed by atoms with Crippen molar-refractivity contribution in [2.75, 3.05) is 11.9 Å². The molecule has 1 amide bonds. The van der Waals surface area contributed by atoms with Crippen LogP contribution in [-0.4, -0.2) is 28.4 Å². The second-order valence-corrected chi connectivity index (χ2v) is 10.4. The molecule has 1 N–H and O–H groups in total. The lowest BCUT2D eigenvalue weighted by molar-refractivity contribution is -0.118. The Bertz CT molecular complexity index is 2060. The van der Waals surface area contributed by atoms with Crippen molar-refractivity contribution < 1.29 is 18.3 Å². The van der Waals surface area contributed by atoms with Crippen LogP contribution in [0.5, 0.6) is 5.75 Å². The maximum atomic E-state index is 13.5. The van der Waals surface area contributed by atoms with Gasteiger partial charge in [-0.1, -0.05) is 23.7 Å². The molecular weight excluding hydrogens is 627 g/mol. The van der Waals surface area contributed by atoms with E-state index in [0.29, 0.717) is 48.7 Å². The minimum atomic E-state index is -0.400. The van der Waals surface area contributed by atoms with Crippen LogP contribution in [0.2, 0.25) is 5.02 Å². The highest BCUT2D eigenvalue weighted by Crippen LogP contribution is 2.29. The summed E-state index contributed by atoms with van der Waals surface area (Å²) in [7, 11) is 0. The van der Waals surface area contributed by atoms with Gasteiger partial charge in [-0.3, -0.25) is 9.59 Å². The number of furan rings is 1. The molecule has 11 heteroatoms. The molecule has 2 heterocycles. The summed E-state index contributed by atoms with van der Waals surface area (Å²) in [5.74, 6) is 0.217. The fourth-order valence-corrected chi connectivity index (χ4v) is 4.92. The third-order valence-corrected chi connectivity index (χ3v) is 7.07. The van der Waals surface area contributed by atoms with E-state index >= 15 is 0 Å². The average molecular weight is 646 g/mol. The zero-order valence-electron chi connectivity index (χ0n) is 21.6. The smallest absolute Gasteiger partial charge is 0.282 e. The number of benzene rings is 4. The van der Waals surface area contributed by atoms with E-state index in [1.54, 1.807) is 66.7 Å². The van der Waals surface area contributed by atoms with Crippen LogP contribution in [0.25, 0.3) is 33.5 Å². The molecule has 0 saturated carbocycles. The first-order valence-electron chi connectivity index (χ1n) is 12.6. The van der Waals surface area contributed by atoms with Crippen LogP contribution in [0.3, 0.4) is 0 Å². The predicted octanol–water partition coefficient (Wildman–Crippen LogP) is 7.26. The molecule has 0 spiro atoms. The van der Waals surface area contributed by atoms with Gasteiger partial charge in [-0.2, -0.15) is 9.78 Å². The zero-order chi connectivity index (χ0) is 29.2. The Morgan fingerprint density at radius 3 is 2.69 bits per heavy atom. The minimum absolute atomic E-state index is 0.230. The van der Waals surface area contributed by atoms with Crippen molar-refractivity contribution in [1.82, 2.24) is 9.66 Å². The van der Waals surface area contributed by atoms with Gasteiger partial charge in [0.05, 0.1) is 21.6 Å². The molecule has 0 aliphatic carbocycles. The van der Waals surface area contributed by atoms with Gasteiger partial charge in [0.2, 0.25) is 5.82 Å². The van der Waals surface area contributed by atoms with Gasteiger partial charge in [0, 0.05) is 16.1 Å². The number of hydrogen-bond donors (Lipinski definition) is 1. The molecule has 42 heavy (non-hydrogen) atoms. The highest BCUT2D eigenvalue weighted by Gasteiger charge is 2.17. The molecule has 0 saturated heterocycles. The van der Waals surface area contributed by atoms with E-state index < -0.39 is 11.7 Å². The Kier molecular flexibility index (Phi) is 7.56. The van der Waals surface area contributed by atoms with Gasteiger partial charge in [-0.25, -0.2) is 9.37 Å². The van der Waals surface area contributed by atoms with Crippen molar-refractivity contribution in [3.63, 3.8) is 0 Å². The Morgan fingerprint density at radius 1 is 1.07 bits per heavy atom. The second kappa shape index (κ2) is 11.6. The first-order chi connectivity index (χ1) is 20.3. The van der Waals surface area contributed by atoms with E-state index in [4.69, 9.17) is 20.8 Å². The topological polar surface area (TPSA) is 98.7 Å². The summed E-state index contributed by atoms with van der Waals surface area (Å²) in [5, 5.41) is 8.83. The van der Waals surface area contributed by atoms with Gasteiger partial charge in [-0.05, 0) is 100 Å². The van der Waals surface area contributed by atoms with Crippen LogP contribution in [-0.2, 0) is 4.79 Å². The molecule has 4 aromatic carbocycles. The van der Waals surface area contributed by atoms with Crippen LogP contribution in [0.4, 0.5) is 10.1 Å². The summed E-state index contributed by atoms with van der Waals surface area (Å²) < 4.78 is 26.5. The first kappa shape index (κ1) is 27.4. The van der Waals surface area contributed by atoms with E-state index in [9.17, 15) is 14.0 Å². The molecule has 6 aromatic rings. The molecule has 0 bridgehead atoms. The minimum Gasteiger partial charge on any atom is -0.483 e. The SMILES string of the molecule is O=C(COc1ccc(C=Nn2c(-c3cc4cc(Cl)ccc4o3)nc3ccccc3c2=O)cc1Br)Nc1ccc(F)cc1. The molecule has 0 unspecified atom stereocenters. The summed E-state index contributed by atoms with van der Waals surface area (Å²) >= 11 is 9.60. The fourth-order valence-electron chi connectivity index (χ4n) is 4.23. The van der Waals surface area contributed by atoms with Crippen molar-refractivity contribution in [3.05, 3.63) is 122 Å². The Morgan fingerprint density at radius 2 is 1.88 bits per heavy atom. The van der Waals surface area contributed by atoms with Crippen LogP contribution in [0.1, 0.15) is 5.56 Å². The van der Waals surface area contributed by atoms with E-state index in [-0.39, 0.29) is 18.0 Å². The van der Waals surface area contributed by atoms with Gasteiger partial charge in [0.25, 0.3) is 11.5 Å². The number of ether oxygens (including phenoxy) is 1. The number of anilines is 1. The lowest BCUT2D eigenvalue weighted by Crippen LogP contribution is -2.20. The Balaban J connectivity index is 1.26. The van der Waals surface area contributed by atoms with Gasteiger partial charge < -0.3 is 14.5 Å². The molecule has 6 rings (SSSR count). The normalized spacial score (nSPS) is 11.4. The summed E-state index contributed by atoms with van der Waals surface area (Å²) in [6, 6.07) is 24.6. The Labute approximate surface area is 251 Å². The molecule has 2 aromatic heterocycles. The highest BCUT2D eigenvalue weighted by atomic mass is 79.9. The van der Waals surface area contributed by atoms with Crippen molar-refractivity contribution >= 4 is 67.2 Å². The number of nitrogens with zero attached hydrogens (tertiary/aromatic N) is 3. The molecule has 0 aliphatic heterocycles. The van der Waals surface area contributed by atoms with Crippen molar-refractivity contribution in [1.29, 1.82) is 0 Å². The summed E-state index contributed by atoms with van der Waals surface area (Å²) in [6.07, 6.45) is 1.51. The predicted molar refractivity (Wildman–Crippen MR) is 164 cm³/mol. The largest absolute Gasteiger partial charge is 0.483 e. The number of rotatable bonds is 7. The summed E-state index contributed by atoms with van der Waals surface area (Å²) in [6.45, 7) is -0.256. The van der Waals surface area contributed by atoms with Gasteiger partial charge >= 0.3 is 0 Å². The fraction of sp³-hybridized carbons (Fsp3) is 0.0323. The van der Waals surface area contributed by atoms with E-state index in [1.807, 2.05) is 0 Å². The Hall–Kier alpha value is -4.80. The third-order valence-electron chi connectivity index (χ3n) is 6.22. The zero-order valence-corrected chi connectivity index (χ0v) is 23.9. The van der Waals surface area contributed by atoms with Crippen LogP contribution in [0, 0.1) is 5.82 Å². The summed E-state index contributed by atoms with van der Waals surface area (Å²) in [5.41, 5.74) is 1.84. The van der Waals surface area contributed by atoms with Crippen LogP contribution < -0.4 is 15.6 Å². The lowest BCUT2D eigenvalue weighted by atomic mass is 10.2. The molecule has 0 atom stereocenters. The highest BCUT2D eigenvalue weighted by molar-refractivity contribution is 9.10. The molecule has 0 aliphatic rings. The molecule has 8 nitrogen and oxygen atoms in total.